The van der Waals surface area contributed by atoms with E-state index in [9.17, 15) is 9.18 Å². The standard InChI is InChI=1S/C12H11BrFN3O/c1-17-5-4-9(16-17)7-15-12(18)10-3-2-8(14)6-11(10)13/h2-6H,7H2,1H3,(H,15,18). The number of aromatic nitrogens is 2. The van der Waals surface area contributed by atoms with Crippen molar-refractivity contribution in [3.05, 3.63) is 52.0 Å². The van der Waals surface area contributed by atoms with Crippen LogP contribution in [0.15, 0.2) is 34.9 Å². The summed E-state index contributed by atoms with van der Waals surface area (Å²) < 4.78 is 15.0. The number of hydrogen-bond acceptors (Lipinski definition) is 2. The van der Waals surface area contributed by atoms with Gasteiger partial charge in [0.25, 0.3) is 5.91 Å². The molecule has 0 fully saturated rings. The van der Waals surface area contributed by atoms with E-state index in [-0.39, 0.29) is 11.7 Å². The normalized spacial score (nSPS) is 10.4. The van der Waals surface area contributed by atoms with E-state index in [4.69, 9.17) is 0 Å². The third kappa shape index (κ3) is 2.95. The van der Waals surface area contributed by atoms with Gasteiger partial charge in [-0.15, -0.1) is 0 Å². The molecule has 0 spiro atoms. The summed E-state index contributed by atoms with van der Waals surface area (Å²) in [6.07, 6.45) is 1.80. The Morgan fingerprint density at radius 3 is 2.89 bits per heavy atom. The number of halogens is 2. The van der Waals surface area contributed by atoms with Crippen LogP contribution in [0.2, 0.25) is 0 Å². The molecule has 1 amide bonds. The maximum absolute atomic E-state index is 12.9. The van der Waals surface area contributed by atoms with Gasteiger partial charge in [0.05, 0.1) is 17.8 Å². The quantitative estimate of drug-likeness (QED) is 0.945. The number of amides is 1. The van der Waals surface area contributed by atoms with E-state index in [2.05, 4.69) is 26.3 Å². The first-order valence-electron chi connectivity index (χ1n) is 5.28. The van der Waals surface area contributed by atoms with Crippen molar-refractivity contribution in [3.63, 3.8) is 0 Å². The molecule has 0 saturated carbocycles. The number of carbonyl (C=O) groups excluding carboxylic acids is 1. The highest BCUT2D eigenvalue weighted by Crippen LogP contribution is 2.17. The van der Waals surface area contributed by atoms with Crippen molar-refractivity contribution in [1.29, 1.82) is 0 Å². The molecule has 18 heavy (non-hydrogen) atoms. The summed E-state index contributed by atoms with van der Waals surface area (Å²) in [7, 11) is 1.81. The van der Waals surface area contributed by atoms with Crippen LogP contribution in [0.5, 0.6) is 0 Å². The Balaban J connectivity index is 2.03. The predicted octanol–water partition coefficient (Wildman–Crippen LogP) is 2.25. The number of carbonyl (C=O) groups is 1. The van der Waals surface area contributed by atoms with E-state index in [0.717, 1.165) is 5.69 Å². The highest BCUT2D eigenvalue weighted by Gasteiger charge is 2.10. The predicted molar refractivity (Wildman–Crippen MR) is 68.5 cm³/mol. The van der Waals surface area contributed by atoms with Gasteiger partial charge < -0.3 is 5.32 Å². The molecule has 2 rings (SSSR count). The molecule has 0 unspecified atom stereocenters. The molecule has 0 saturated heterocycles. The second kappa shape index (κ2) is 5.30. The number of aryl methyl sites for hydroxylation is 1. The smallest absolute Gasteiger partial charge is 0.252 e. The average molecular weight is 312 g/mol. The lowest BCUT2D eigenvalue weighted by Crippen LogP contribution is -2.23. The van der Waals surface area contributed by atoms with Gasteiger partial charge in [-0.2, -0.15) is 5.10 Å². The van der Waals surface area contributed by atoms with E-state index < -0.39 is 0 Å². The molecule has 6 heteroatoms. The lowest BCUT2D eigenvalue weighted by Gasteiger charge is -2.05. The van der Waals surface area contributed by atoms with Crippen LogP contribution >= 0.6 is 15.9 Å². The fraction of sp³-hybridized carbons (Fsp3) is 0.167. The molecule has 4 nitrogen and oxygen atoms in total. The van der Waals surface area contributed by atoms with Gasteiger partial charge >= 0.3 is 0 Å². The molecule has 1 N–H and O–H groups in total. The molecule has 1 aromatic heterocycles. The van der Waals surface area contributed by atoms with Crippen molar-refractivity contribution in [3.8, 4) is 0 Å². The van der Waals surface area contributed by atoms with Crippen molar-refractivity contribution in [2.45, 2.75) is 6.54 Å². The molecule has 1 aromatic carbocycles. The SMILES string of the molecule is Cn1ccc(CNC(=O)c2ccc(F)cc2Br)n1. The Labute approximate surface area is 112 Å². The molecular weight excluding hydrogens is 301 g/mol. The Kier molecular flexibility index (Phi) is 3.76. The first-order chi connectivity index (χ1) is 8.56. The molecule has 0 bridgehead atoms. The lowest BCUT2D eigenvalue weighted by molar-refractivity contribution is 0.0949. The van der Waals surface area contributed by atoms with Crippen molar-refractivity contribution < 1.29 is 9.18 Å². The maximum Gasteiger partial charge on any atom is 0.252 e. The second-order valence-corrected chi connectivity index (χ2v) is 4.64. The first kappa shape index (κ1) is 12.8. The summed E-state index contributed by atoms with van der Waals surface area (Å²) in [4.78, 5) is 11.9. The van der Waals surface area contributed by atoms with E-state index in [0.29, 0.717) is 16.6 Å². The number of nitrogens with one attached hydrogen (secondary N) is 1. The Morgan fingerprint density at radius 1 is 1.50 bits per heavy atom. The summed E-state index contributed by atoms with van der Waals surface area (Å²) in [6.45, 7) is 0.337. The van der Waals surface area contributed by atoms with Gasteiger partial charge in [-0.25, -0.2) is 4.39 Å². The van der Waals surface area contributed by atoms with E-state index in [1.807, 2.05) is 13.1 Å². The molecule has 0 atom stereocenters. The zero-order chi connectivity index (χ0) is 13.1. The highest BCUT2D eigenvalue weighted by molar-refractivity contribution is 9.10. The molecule has 94 valence electrons. The van der Waals surface area contributed by atoms with Gasteiger partial charge in [0.2, 0.25) is 0 Å². The van der Waals surface area contributed by atoms with Crippen LogP contribution in [0.25, 0.3) is 0 Å². The van der Waals surface area contributed by atoms with Gasteiger partial charge in [-0.1, -0.05) is 0 Å². The van der Waals surface area contributed by atoms with Crippen LogP contribution in [0.3, 0.4) is 0 Å². The molecule has 0 radical (unpaired) electrons. The summed E-state index contributed by atoms with van der Waals surface area (Å²) in [5, 5.41) is 6.86. The minimum absolute atomic E-state index is 0.271. The minimum atomic E-state index is -0.386. The van der Waals surface area contributed by atoms with Gasteiger partial charge in [-0.05, 0) is 40.2 Å². The van der Waals surface area contributed by atoms with E-state index in [1.54, 1.807) is 10.9 Å². The minimum Gasteiger partial charge on any atom is -0.346 e. The van der Waals surface area contributed by atoms with Crippen molar-refractivity contribution in [2.75, 3.05) is 0 Å². The molecule has 0 aliphatic rings. The molecule has 2 aromatic rings. The third-order valence-electron chi connectivity index (χ3n) is 2.37. The number of nitrogens with zero attached hydrogens (tertiary/aromatic N) is 2. The Bertz CT molecular complexity index is 582. The largest absolute Gasteiger partial charge is 0.346 e. The van der Waals surface area contributed by atoms with Crippen LogP contribution < -0.4 is 5.32 Å². The van der Waals surface area contributed by atoms with Gasteiger partial charge in [0.15, 0.2) is 0 Å². The first-order valence-corrected chi connectivity index (χ1v) is 6.07. The van der Waals surface area contributed by atoms with E-state index in [1.165, 1.54) is 18.2 Å². The summed E-state index contributed by atoms with van der Waals surface area (Å²) in [5.41, 5.74) is 1.16. The molecule has 1 heterocycles. The number of hydrogen-bond donors (Lipinski definition) is 1. The summed E-state index contributed by atoms with van der Waals surface area (Å²) in [5.74, 6) is -0.657. The van der Waals surface area contributed by atoms with Gasteiger partial charge in [-0.3, -0.25) is 9.48 Å². The molecule has 0 aliphatic heterocycles. The van der Waals surface area contributed by atoms with Crippen LogP contribution in [0.1, 0.15) is 16.1 Å². The van der Waals surface area contributed by atoms with Crippen molar-refractivity contribution in [2.24, 2.45) is 7.05 Å². The van der Waals surface area contributed by atoms with Crippen molar-refractivity contribution >= 4 is 21.8 Å². The van der Waals surface area contributed by atoms with Crippen LogP contribution in [0, 0.1) is 5.82 Å². The average Bonchev–Trinajstić information content (AvgIpc) is 2.72. The van der Waals surface area contributed by atoms with Crippen LogP contribution in [-0.4, -0.2) is 15.7 Å². The van der Waals surface area contributed by atoms with Crippen LogP contribution in [-0.2, 0) is 13.6 Å². The van der Waals surface area contributed by atoms with E-state index >= 15 is 0 Å². The Morgan fingerprint density at radius 2 is 2.28 bits per heavy atom. The van der Waals surface area contributed by atoms with Crippen LogP contribution in [0.4, 0.5) is 4.39 Å². The number of rotatable bonds is 3. The third-order valence-corrected chi connectivity index (χ3v) is 3.03. The topological polar surface area (TPSA) is 46.9 Å². The zero-order valence-electron chi connectivity index (χ0n) is 9.65. The molecule has 0 aliphatic carbocycles. The Hall–Kier alpha value is -1.69. The second-order valence-electron chi connectivity index (χ2n) is 3.79. The van der Waals surface area contributed by atoms with Crippen molar-refractivity contribution in [1.82, 2.24) is 15.1 Å². The fourth-order valence-corrected chi connectivity index (χ4v) is 2.03. The lowest BCUT2D eigenvalue weighted by atomic mass is 10.2. The zero-order valence-corrected chi connectivity index (χ0v) is 11.2. The van der Waals surface area contributed by atoms with Gasteiger partial charge in [0, 0.05) is 17.7 Å². The summed E-state index contributed by atoms with van der Waals surface area (Å²) in [6, 6.07) is 5.77. The monoisotopic (exact) mass is 311 g/mol. The maximum atomic E-state index is 12.9. The fourth-order valence-electron chi connectivity index (χ4n) is 1.50. The summed E-state index contributed by atoms with van der Waals surface area (Å²) >= 11 is 3.16. The van der Waals surface area contributed by atoms with Gasteiger partial charge in [0.1, 0.15) is 5.82 Å². The molecular formula is C12H11BrFN3O. The number of benzene rings is 1. The highest BCUT2D eigenvalue weighted by atomic mass is 79.9.